The number of carbonyl (C=O) groups excluding carboxylic acids is 1. The lowest BCUT2D eigenvalue weighted by molar-refractivity contribution is -0.137. The van der Waals surface area contributed by atoms with Crippen LogP contribution in [0.2, 0.25) is 0 Å². The molecule has 2 atom stereocenters. The molecule has 1 aliphatic rings. The summed E-state index contributed by atoms with van der Waals surface area (Å²) in [4.78, 5) is 23.1. The summed E-state index contributed by atoms with van der Waals surface area (Å²) in [5.41, 5.74) is -0.427. The zero-order chi connectivity index (χ0) is 16.1. The molecule has 0 saturated carbocycles. The van der Waals surface area contributed by atoms with E-state index in [4.69, 9.17) is 9.84 Å². The fourth-order valence-electron chi connectivity index (χ4n) is 2.65. The number of carboxylic acid groups (broad SMARTS) is 1. The van der Waals surface area contributed by atoms with Gasteiger partial charge in [0.2, 0.25) is 0 Å². The van der Waals surface area contributed by atoms with E-state index >= 15 is 0 Å². The highest BCUT2D eigenvalue weighted by Crippen LogP contribution is 2.22. The van der Waals surface area contributed by atoms with Crippen LogP contribution in [0.4, 0.5) is 4.79 Å². The highest BCUT2D eigenvalue weighted by Gasteiger charge is 2.30. The third-order valence-electron chi connectivity index (χ3n) is 3.47. The molecule has 0 aromatic carbocycles. The Balaban J connectivity index is 2.56. The molecular weight excluding hydrogens is 272 g/mol. The van der Waals surface area contributed by atoms with Crippen LogP contribution in [0.1, 0.15) is 53.4 Å². The monoisotopic (exact) mass is 300 g/mol. The van der Waals surface area contributed by atoms with Crippen LogP contribution in [0.15, 0.2) is 0 Å². The minimum Gasteiger partial charge on any atom is -0.481 e. The van der Waals surface area contributed by atoms with Gasteiger partial charge in [-0.2, -0.15) is 0 Å². The molecule has 1 heterocycles. The molecule has 6 nitrogen and oxygen atoms in total. The summed E-state index contributed by atoms with van der Waals surface area (Å²) in [5, 5.41) is 14.7. The van der Waals surface area contributed by atoms with E-state index in [1.165, 1.54) is 0 Å². The fourth-order valence-corrected chi connectivity index (χ4v) is 2.65. The first-order chi connectivity index (χ1) is 9.60. The number of hydrogen-bond donors (Lipinski definition) is 3. The first-order valence-electron chi connectivity index (χ1n) is 7.48. The van der Waals surface area contributed by atoms with E-state index in [1.807, 2.05) is 27.7 Å². The minimum atomic E-state index is -0.906. The van der Waals surface area contributed by atoms with Crippen LogP contribution in [0.25, 0.3) is 0 Å². The highest BCUT2D eigenvalue weighted by molar-refractivity contribution is 5.76. The van der Waals surface area contributed by atoms with E-state index in [0.29, 0.717) is 13.0 Å². The SMILES string of the molecule is CC(C)(C)CC(CC(=O)O)NC(=O)NC1(C)CCCOC1. The molecule has 1 rings (SSSR count). The number of amides is 2. The third-order valence-corrected chi connectivity index (χ3v) is 3.47. The second-order valence-corrected chi connectivity index (χ2v) is 7.37. The Morgan fingerprint density at radius 3 is 2.52 bits per heavy atom. The molecule has 0 aromatic heterocycles. The van der Waals surface area contributed by atoms with Gasteiger partial charge in [-0.25, -0.2) is 4.79 Å². The van der Waals surface area contributed by atoms with Gasteiger partial charge in [-0.1, -0.05) is 20.8 Å². The summed E-state index contributed by atoms with van der Waals surface area (Å²) in [7, 11) is 0. The lowest BCUT2D eigenvalue weighted by Gasteiger charge is -2.35. The van der Waals surface area contributed by atoms with Crippen molar-refractivity contribution in [1.82, 2.24) is 10.6 Å². The predicted molar refractivity (Wildman–Crippen MR) is 80.2 cm³/mol. The van der Waals surface area contributed by atoms with E-state index in [2.05, 4.69) is 10.6 Å². The van der Waals surface area contributed by atoms with Crippen molar-refractivity contribution >= 4 is 12.0 Å². The number of nitrogens with one attached hydrogen (secondary N) is 2. The summed E-state index contributed by atoms with van der Waals surface area (Å²) in [6, 6.07) is -0.700. The van der Waals surface area contributed by atoms with Crippen LogP contribution in [-0.4, -0.2) is 41.9 Å². The molecule has 1 saturated heterocycles. The standard InChI is InChI=1S/C15H28N2O4/c1-14(2,3)9-11(8-12(18)19)16-13(20)17-15(4)6-5-7-21-10-15/h11H,5-10H2,1-4H3,(H,18,19)(H2,16,17,20). The zero-order valence-electron chi connectivity index (χ0n) is 13.5. The molecule has 6 heteroatoms. The molecule has 0 spiro atoms. The van der Waals surface area contributed by atoms with Gasteiger partial charge in [0.1, 0.15) is 0 Å². The van der Waals surface area contributed by atoms with Crippen molar-refractivity contribution in [1.29, 1.82) is 0 Å². The topological polar surface area (TPSA) is 87.7 Å². The van der Waals surface area contributed by atoms with Crippen LogP contribution in [0.3, 0.4) is 0 Å². The molecule has 0 aromatic rings. The van der Waals surface area contributed by atoms with Crippen LogP contribution in [-0.2, 0) is 9.53 Å². The van der Waals surface area contributed by atoms with Crippen molar-refractivity contribution in [3.63, 3.8) is 0 Å². The molecule has 0 aliphatic carbocycles. The Bertz CT molecular complexity index is 370. The van der Waals surface area contributed by atoms with E-state index in [9.17, 15) is 9.59 Å². The first kappa shape index (κ1) is 17.8. The molecule has 122 valence electrons. The lowest BCUT2D eigenvalue weighted by Crippen LogP contribution is -2.56. The second kappa shape index (κ2) is 7.11. The van der Waals surface area contributed by atoms with Gasteiger partial charge in [-0.3, -0.25) is 4.79 Å². The number of rotatable bonds is 5. The summed E-state index contributed by atoms with van der Waals surface area (Å²) >= 11 is 0. The first-order valence-corrected chi connectivity index (χ1v) is 7.48. The normalized spacial score (nSPS) is 24.2. The van der Waals surface area contributed by atoms with Gasteiger partial charge < -0.3 is 20.5 Å². The molecule has 3 N–H and O–H groups in total. The molecule has 2 amide bonds. The highest BCUT2D eigenvalue weighted by atomic mass is 16.5. The van der Waals surface area contributed by atoms with Crippen molar-refractivity contribution in [3.8, 4) is 0 Å². The Kier molecular flexibility index (Phi) is 6.01. The van der Waals surface area contributed by atoms with Crippen molar-refractivity contribution in [2.75, 3.05) is 13.2 Å². The maximum atomic E-state index is 12.1. The van der Waals surface area contributed by atoms with Gasteiger partial charge in [0.15, 0.2) is 0 Å². The maximum Gasteiger partial charge on any atom is 0.315 e. The minimum absolute atomic E-state index is 0.0503. The third kappa shape index (κ3) is 7.32. The average molecular weight is 300 g/mol. The van der Waals surface area contributed by atoms with Crippen molar-refractivity contribution in [2.24, 2.45) is 5.41 Å². The number of carbonyl (C=O) groups is 2. The van der Waals surface area contributed by atoms with Crippen molar-refractivity contribution < 1.29 is 19.4 Å². The number of hydrogen-bond acceptors (Lipinski definition) is 3. The van der Waals surface area contributed by atoms with E-state index in [-0.39, 0.29) is 29.4 Å². The van der Waals surface area contributed by atoms with Gasteiger partial charge in [0, 0.05) is 12.6 Å². The van der Waals surface area contributed by atoms with Gasteiger partial charge in [0.25, 0.3) is 0 Å². The zero-order valence-corrected chi connectivity index (χ0v) is 13.5. The van der Waals surface area contributed by atoms with E-state index in [0.717, 1.165) is 19.4 Å². The van der Waals surface area contributed by atoms with Crippen LogP contribution in [0, 0.1) is 5.41 Å². The van der Waals surface area contributed by atoms with Crippen LogP contribution in [0.5, 0.6) is 0 Å². The Morgan fingerprint density at radius 1 is 1.38 bits per heavy atom. The molecular formula is C15H28N2O4. The maximum absolute atomic E-state index is 12.1. The van der Waals surface area contributed by atoms with Crippen molar-refractivity contribution in [2.45, 2.75) is 65.0 Å². The van der Waals surface area contributed by atoms with Crippen molar-refractivity contribution in [3.05, 3.63) is 0 Å². The van der Waals surface area contributed by atoms with Gasteiger partial charge in [-0.05, 0) is 31.6 Å². The Hall–Kier alpha value is -1.30. The quantitative estimate of drug-likeness (QED) is 0.726. The lowest BCUT2D eigenvalue weighted by atomic mass is 9.87. The smallest absolute Gasteiger partial charge is 0.315 e. The Labute approximate surface area is 126 Å². The number of carboxylic acids is 1. The largest absolute Gasteiger partial charge is 0.481 e. The second-order valence-electron chi connectivity index (χ2n) is 7.37. The fraction of sp³-hybridized carbons (Fsp3) is 0.867. The van der Waals surface area contributed by atoms with Gasteiger partial charge >= 0.3 is 12.0 Å². The summed E-state index contributed by atoms with van der Waals surface area (Å²) in [6.45, 7) is 9.24. The molecule has 0 bridgehead atoms. The number of ether oxygens (including phenoxy) is 1. The summed E-state index contributed by atoms with van der Waals surface area (Å²) < 4.78 is 5.40. The predicted octanol–water partition coefficient (Wildman–Crippen LogP) is 2.13. The van der Waals surface area contributed by atoms with Crippen LogP contribution < -0.4 is 10.6 Å². The molecule has 1 fully saturated rings. The average Bonchev–Trinajstić information content (AvgIpc) is 2.24. The van der Waals surface area contributed by atoms with Gasteiger partial charge in [0.05, 0.1) is 18.6 Å². The molecule has 0 radical (unpaired) electrons. The molecule has 21 heavy (non-hydrogen) atoms. The Morgan fingerprint density at radius 2 is 2.05 bits per heavy atom. The van der Waals surface area contributed by atoms with Crippen LogP contribution >= 0.6 is 0 Å². The van der Waals surface area contributed by atoms with E-state index in [1.54, 1.807) is 0 Å². The molecule has 2 unspecified atom stereocenters. The summed E-state index contributed by atoms with van der Waals surface area (Å²) in [5.74, 6) is -0.906. The number of aliphatic carboxylic acids is 1. The molecule has 1 aliphatic heterocycles. The van der Waals surface area contributed by atoms with Gasteiger partial charge in [-0.15, -0.1) is 0 Å². The number of urea groups is 1. The summed E-state index contributed by atoms with van der Waals surface area (Å²) in [6.07, 6.45) is 2.32. The van der Waals surface area contributed by atoms with E-state index < -0.39 is 5.97 Å².